The molecular weight excluding hydrogens is 290 g/mol. The van der Waals surface area contributed by atoms with Crippen molar-refractivity contribution in [1.82, 2.24) is 0 Å². The van der Waals surface area contributed by atoms with E-state index in [9.17, 15) is 4.79 Å². The molecule has 2 rings (SSSR count). The van der Waals surface area contributed by atoms with Crippen molar-refractivity contribution >= 4 is 11.8 Å². The fourth-order valence-electron chi connectivity index (χ4n) is 2.28. The summed E-state index contributed by atoms with van der Waals surface area (Å²) < 4.78 is 10.5. The van der Waals surface area contributed by atoms with Crippen molar-refractivity contribution in [2.24, 2.45) is 0 Å². The van der Waals surface area contributed by atoms with Crippen LogP contribution in [0.4, 0.5) is 10.5 Å². The molecule has 0 saturated carbocycles. The third-order valence-corrected chi connectivity index (χ3v) is 3.62. The summed E-state index contributed by atoms with van der Waals surface area (Å²) in [5.41, 5.74) is 3.06. The molecule has 4 nitrogen and oxygen atoms in total. The minimum absolute atomic E-state index is 0.284. The van der Waals surface area contributed by atoms with Crippen LogP contribution in [-0.2, 0) is 4.74 Å². The minimum Gasteiger partial charge on any atom is -0.432 e. The van der Waals surface area contributed by atoms with Crippen LogP contribution in [-0.4, -0.2) is 25.9 Å². The highest BCUT2D eigenvalue weighted by molar-refractivity contribution is 5.64. The maximum absolute atomic E-state index is 11.8. The van der Waals surface area contributed by atoms with Crippen molar-refractivity contribution in [2.75, 3.05) is 24.6 Å². The van der Waals surface area contributed by atoms with Gasteiger partial charge in [0.15, 0.2) is 0 Å². The highest BCUT2D eigenvalue weighted by Crippen LogP contribution is 2.19. The van der Waals surface area contributed by atoms with E-state index >= 15 is 0 Å². The molecule has 4 heteroatoms. The standard InChI is InChI=1S/C19H23NO3/c1-4-20(17-8-6-5-7-9-17)12-13-22-19(21)23-18-14-15(2)10-11-16(18)3/h5-11,14H,4,12-13H2,1-3H3. The number of rotatable bonds is 6. The molecule has 0 heterocycles. The molecule has 0 fully saturated rings. The maximum Gasteiger partial charge on any atom is 0.513 e. The van der Waals surface area contributed by atoms with Crippen molar-refractivity contribution in [3.63, 3.8) is 0 Å². The summed E-state index contributed by atoms with van der Waals surface area (Å²) in [6.45, 7) is 7.68. The Kier molecular flexibility index (Phi) is 6.03. The topological polar surface area (TPSA) is 38.8 Å². The fraction of sp³-hybridized carbons (Fsp3) is 0.316. The Morgan fingerprint density at radius 3 is 2.52 bits per heavy atom. The van der Waals surface area contributed by atoms with Crippen LogP contribution in [0.1, 0.15) is 18.1 Å². The SMILES string of the molecule is CCN(CCOC(=O)Oc1cc(C)ccc1C)c1ccccc1. The molecule has 23 heavy (non-hydrogen) atoms. The minimum atomic E-state index is -0.664. The molecule has 0 N–H and O–H groups in total. The fourth-order valence-corrected chi connectivity index (χ4v) is 2.28. The zero-order valence-electron chi connectivity index (χ0n) is 13.9. The summed E-state index contributed by atoms with van der Waals surface area (Å²) in [7, 11) is 0. The van der Waals surface area contributed by atoms with E-state index in [0.717, 1.165) is 23.4 Å². The number of carbonyl (C=O) groups is 1. The third-order valence-electron chi connectivity index (χ3n) is 3.62. The van der Waals surface area contributed by atoms with Crippen LogP contribution in [0.15, 0.2) is 48.5 Å². The molecule has 0 aliphatic carbocycles. The van der Waals surface area contributed by atoms with Crippen LogP contribution in [0.5, 0.6) is 5.75 Å². The maximum atomic E-state index is 11.8. The Morgan fingerprint density at radius 1 is 1.09 bits per heavy atom. The Balaban J connectivity index is 1.83. The van der Waals surface area contributed by atoms with Crippen LogP contribution < -0.4 is 9.64 Å². The molecule has 122 valence electrons. The second-order valence-electron chi connectivity index (χ2n) is 5.38. The Bertz CT molecular complexity index is 640. The van der Waals surface area contributed by atoms with Gasteiger partial charge in [-0.15, -0.1) is 0 Å². The van der Waals surface area contributed by atoms with Gasteiger partial charge >= 0.3 is 6.16 Å². The molecule has 0 radical (unpaired) electrons. The van der Waals surface area contributed by atoms with Gasteiger partial charge in [-0.3, -0.25) is 0 Å². The molecule has 2 aromatic carbocycles. The normalized spacial score (nSPS) is 10.2. The van der Waals surface area contributed by atoms with E-state index in [1.54, 1.807) is 0 Å². The molecule has 0 aliphatic heterocycles. The molecule has 0 atom stereocenters. The first kappa shape index (κ1) is 16.9. The van der Waals surface area contributed by atoms with E-state index in [1.807, 2.05) is 62.4 Å². The van der Waals surface area contributed by atoms with Gasteiger partial charge in [-0.1, -0.05) is 30.3 Å². The highest BCUT2D eigenvalue weighted by Gasteiger charge is 2.10. The number of aryl methyl sites for hydroxylation is 2. The molecule has 0 bridgehead atoms. The van der Waals surface area contributed by atoms with E-state index in [0.29, 0.717) is 12.3 Å². The molecular formula is C19H23NO3. The summed E-state index contributed by atoms with van der Waals surface area (Å²) in [6, 6.07) is 15.8. The Morgan fingerprint density at radius 2 is 1.83 bits per heavy atom. The van der Waals surface area contributed by atoms with Gasteiger partial charge in [-0.05, 0) is 50.1 Å². The van der Waals surface area contributed by atoms with Gasteiger partial charge in [0.05, 0.1) is 6.54 Å². The van der Waals surface area contributed by atoms with E-state index in [-0.39, 0.29) is 6.61 Å². The highest BCUT2D eigenvalue weighted by atomic mass is 16.7. The van der Waals surface area contributed by atoms with E-state index in [4.69, 9.17) is 9.47 Å². The van der Waals surface area contributed by atoms with E-state index in [2.05, 4.69) is 11.8 Å². The number of benzene rings is 2. The van der Waals surface area contributed by atoms with Gasteiger partial charge in [0.25, 0.3) is 0 Å². The number of hydrogen-bond donors (Lipinski definition) is 0. The lowest BCUT2D eigenvalue weighted by molar-refractivity contribution is 0.101. The zero-order chi connectivity index (χ0) is 16.7. The van der Waals surface area contributed by atoms with Gasteiger partial charge in [-0.25, -0.2) is 4.79 Å². The summed E-state index contributed by atoms with van der Waals surface area (Å²) in [4.78, 5) is 14.0. The summed E-state index contributed by atoms with van der Waals surface area (Å²) in [5.74, 6) is 0.547. The van der Waals surface area contributed by atoms with Crippen molar-refractivity contribution in [1.29, 1.82) is 0 Å². The van der Waals surface area contributed by atoms with Crippen LogP contribution in [0.3, 0.4) is 0 Å². The average Bonchev–Trinajstić information content (AvgIpc) is 2.56. The first-order valence-corrected chi connectivity index (χ1v) is 7.82. The molecule has 0 saturated heterocycles. The summed E-state index contributed by atoms with van der Waals surface area (Å²) >= 11 is 0. The lowest BCUT2D eigenvalue weighted by Gasteiger charge is -2.22. The van der Waals surface area contributed by atoms with Crippen molar-refractivity contribution < 1.29 is 14.3 Å². The van der Waals surface area contributed by atoms with E-state index < -0.39 is 6.16 Å². The molecule has 0 amide bonds. The number of carbonyl (C=O) groups excluding carboxylic acids is 1. The van der Waals surface area contributed by atoms with Gasteiger partial charge in [0.2, 0.25) is 0 Å². The number of para-hydroxylation sites is 1. The number of ether oxygens (including phenoxy) is 2. The van der Waals surface area contributed by atoms with Crippen LogP contribution in [0, 0.1) is 13.8 Å². The predicted octanol–water partition coefficient (Wildman–Crippen LogP) is 4.35. The number of hydrogen-bond acceptors (Lipinski definition) is 4. The molecule has 0 spiro atoms. The second-order valence-corrected chi connectivity index (χ2v) is 5.38. The largest absolute Gasteiger partial charge is 0.513 e. The first-order valence-electron chi connectivity index (χ1n) is 7.82. The van der Waals surface area contributed by atoms with Crippen LogP contribution in [0.25, 0.3) is 0 Å². The summed E-state index contributed by atoms with van der Waals surface area (Å²) in [5, 5.41) is 0. The van der Waals surface area contributed by atoms with E-state index in [1.165, 1.54) is 0 Å². The van der Waals surface area contributed by atoms with Crippen molar-refractivity contribution in [3.8, 4) is 5.75 Å². The first-order chi connectivity index (χ1) is 11.1. The van der Waals surface area contributed by atoms with Crippen LogP contribution >= 0.6 is 0 Å². The van der Waals surface area contributed by atoms with Gasteiger partial charge in [-0.2, -0.15) is 0 Å². The third kappa shape index (κ3) is 5.02. The smallest absolute Gasteiger partial charge is 0.432 e. The quantitative estimate of drug-likeness (QED) is 0.587. The molecule has 0 aromatic heterocycles. The van der Waals surface area contributed by atoms with Gasteiger partial charge in [0.1, 0.15) is 12.4 Å². The monoisotopic (exact) mass is 313 g/mol. The Labute approximate surface area is 137 Å². The van der Waals surface area contributed by atoms with Crippen molar-refractivity contribution in [2.45, 2.75) is 20.8 Å². The van der Waals surface area contributed by atoms with Crippen LogP contribution in [0.2, 0.25) is 0 Å². The average molecular weight is 313 g/mol. The lowest BCUT2D eigenvalue weighted by Crippen LogP contribution is -2.28. The number of anilines is 1. The summed E-state index contributed by atoms with van der Waals surface area (Å²) in [6.07, 6.45) is -0.664. The molecule has 2 aromatic rings. The van der Waals surface area contributed by atoms with Gasteiger partial charge in [0, 0.05) is 12.2 Å². The Hall–Kier alpha value is -2.49. The van der Waals surface area contributed by atoms with Gasteiger partial charge < -0.3 is 14.4 Å². The predicted molar refractivity (Wildman–Crippen MR) is 92.2 cm³/mol. The lowest BCUT2D eigenvalue weighted by atomic mass is 10.1. The molecule has 0 aliphatic rings. The molecule has 0 unspecified atom stereocenters. The second kappa shape index (κ2) is 8.22. The zero-order valence-corrected chi connectivity index (χ0v) is 13.9. The number of nitrogens with zero attached hydrogens (tertiary/aromatic N) is 1. The number of likely N-dealkylation sites (N-methyl/N-ethyl adjacent to an activating group) is 1. The van der Waals surface area contributed by atoms with Crippen molar-refractivity contribution in [3.05, 3.63) is 59.7 Å².